The van der Waals surface area contributed by atoms with Crippen molar-refractivity contribution in [2.24, 2.45) is 0 Å². The molecule has 0 fully saturated rings. The van der Waals surface area contributed by atoms with Gasteiger partial charge in [0.05, 0.1) is 23.8 Å². The van der Waals surface area contributed by atoms with E-state index in [4.69, 9.17) is 0 Å². The predicted molar refractivity (Wildman–Crippen MR) is 118 cm³/mol. The average Bonchev–Trinajstić information content (AvgIpc) is 3.28. The highest BCUT2D eigenvalue weighted by atomic mass is 32.1. The summed E-state index contributed by atoms with van der Waals surface area (Å²) in [7, 11) is 0. The lowest BCUT2D eigenvalue weighted by Gasteiger charge is -2.17. The highest BCUT2D eigenvalue weighted by molar-refractivity contribution is 7.10. The summed E-state index contributed by atoms with van der Waals surface area (Å²) in [5.74, 6) is -0.415. The molecule has 0 aliphatic carbocycles. The molecule has 0 aliphatic heterocycles. The maximum Gasteiger partial charge on any atom is 0.253 e. The molecule has 150 valence electrons. The maximum absolute atomic E-state index is 12.8. The lowest BCUT2D eigenvalue weighted by Crippen LogP contribution is -2.31. The summed E-state index contributed by atoms with van der Waals surface area (Å²) in [6.45, 7) is 4.12. The summed E-state index contributed by atoms with van der Waals surface area (Å²) in [4.78, 5) is 26.4. The van der Waals surface area contributed by atoms with Crippen LogP contribution in [0.3, 0.4) is 0 Å². The van der Waals surface area contributed by atoms with E-state index in [1.807, 2.05) is 61.7 Å². The van der Waals surface area contributed by atoms with Gasteiger partial charge < -0.3 is 16.0 Å². The molecule has 3 aromatic rings. The minimum absolute atomic E-state index is 0.0889. The molecule has 0 saturated carbocycles. The third kappa shape index (κ3) is 5.76. The Morgan fingerprint density at radius 1 is 0.897 bits per heavy atom. The van der Waals surface area contributed by atoms with Gasteiger partial charge in [0, 0.05) is 10.9 Å². The van der Waals surface area contributed by atoms with Crippen LogP contribution >= 0.6 is 11.3 Å². The number of para-hydroxylation sites is 1. The third-order valence-electron chi connectivity index (χ3n) is 4.63. The zero-order valence-corrected chi connectivity index (χ0v) is 17.3. The van der Waals surface area contributed by atoms with Gasteiger partial charge in [0.2, 0.25) is 5.91 Å². The van der Waals surface area contributed by atoms with E-state index in [0.29, 0.717) is 11.3 Å². The van der Waals surface area contributed by atoms with Crippen LogP contribution in [-0.4, -0.2) is 18.4 Å². The summed E-state index contributed by atoms with van der Waals surface area (Å²) < 4.78 is 0. The first-order valence-corrected chi connectivity index (χ1v) is 10.4. The molecular formula is C23H25N3O2S. The molecule has 2 unspecified atom stereocenters. The van der Waals surface area contributed by atoms with Gasteiger partial charge in [-0.25, -0.2) is 0 Å². The van der Waals surface area contributed by atoms with E-state index in [1.54, 1.807) is 35.6 Å². The monoisotopic (exact) mass is 407 g/mol. The lowest BCUT2D eigenvalue weighted by atomic mass is 10.1. The standard InChI is InChI=1S/C23H25N3O2S/c1-16(18-9-4-3-5-10-18)25-23(28)19-11-6-7-12-20(19)26-22(27)15-24-17(2)21-13-8-14-29-21/h3-14,16-17,24H,15H2,1-2H3,(H,25,28)(H,26,27). The normalized spacial score (nSPS) is 12.8. The summed E-state index contributed by atoms with van der Waals surface area (Å²) in [5.41, 5.74) is 1.96. The molecule has 3 N–H and O–H groups in total. The van der Waals surface area contributed by atoms with Gasteiger partial charge >= 0.3 is 0 Å². The number of amides is 2. The van der Waals surface area contributed by atoms with Crippen LogP contribution in [0.15, 0.2) is 72.1 Å². The summed E-state index contributed by atoms with van der Waals surface area (Å²) in [6.07, 6.45) is 0. The van der Waals surface area contributed by atoms with Crippen LogP contribution in [0.5, 0.6) is 0 Å². The molecule has 0 spiro atoms. The van der Waals surface area contributed by atoms with Crippen molar-refractivity contribution in [3.63, 3.8) is 0 Å². The molecule has 0 saturated heterocycles. The quantitative estimate of drug-likeness (QED) is 0.514. The zero-order valence-electron chi connectivity index (χ0n) is 16.5. The highest BCUT2D eigenvalue weighted by Crippen LogP contribution is 2.19. The van der Waals surface area contributed by atoms with Crippen molar-refractivity contribution in [1.29, 1.82) is 0 Å². The molecule has 6 heteroatoms. The molecule has 0 bridgehead atoms. The number of nitrogens with one attached hydrogen (secondary N) is 3. The van der Waals surface area contributed by atoms with E-state index in [2.05, 4.69) is 16.0 Å². The van der Waals surface area contributed by atoms with Crippen LogP contribution in [-0.2, 0) is 4.79 Å². The van der Waals surface area contributed by atoms with Gasteiger partial charge in [0.1, 0.15) is 0 Å². The Bertz CT molecular complexity index is 942. The average molecular weight is 408 g/mol. The zero-order chi connectivity index (χ0) is 20.6. The van der Waals surface area contributed by atoms with Gasteiger partial charge in [-0.05, 0) is 43.0 Å². The van der Waals surface area contributed by atoms with Crippen LogP contribution in [0.1, 0.15) is 46.7 Å². The number of hydrogen-bond donors (Lipinski definition) is 3. The molecule has 2 aromatic carbocycles. The van der Waals surface area contributed by atoms with E-state index >= 15 is 0 Å². The van der Waals surface area contributed by atoms with Crippen LogP contribution in [0.4, 0.5) is 5.69 Å². The first-order chi connectivity index (χ1) is 14.0. The van der Waals surface area contributed by atoms with Crippen molar-refractivity contribution < 1.29 is 9.59 Å². The Morgan fingerprint density at radius 3 is 2.34 bits per heavy atom. The fourth-order valence-corrected chi connectivity index (χ4v) is 3.73. The highest BCUT2D eigenvalue weighted by Gasteiger charge is 2.16. The Balaban J connectivity index is 1.60. The first-order valence-electron chi connectivity index (χ1n) is 9.56. The Hall–Kier alpha value is -2.96. The molecule has 0 radical (unpaired) electrons. The largest absolute Gasteiger partial charge is 0.345 e. The molecule has 2 amide bonds. The van der Waals surface area contributed by atoms with Crippen molar-refractivity contribution in [1.82, 2.24) is 10.6 Å². The van der Waals surface area contributed by atoms with Crippen molar-refractivity contribution in [2.75, 3.05) is 11.9 Å². The fraction of sp³-hybridized carbons (Fsp3) is 0.217. The maximum atomic E-state index is 12.8. The number of carbonyl (C=O) groups is 2. The summed E-state index contributed by atoms with van der Waals surface area (Å²) in [5, 5.41) is 11.1. The number of hydrogen-bond acceptors (Lipinski definition) is 4. The second-order valence-corrected chi connectivity index (χ2v) is 7.80. The van der Waals surface area contributed by atoms with Crippen LogP contribution in [0.25, 0.3) is 0 Å². The topological polar surface area (TPSA) is 70.2 Å². The van der Waals surface area contributed by atoms with Gasteiger partial charge in [-0.2, -0.15) is 0 Å². The molecule has 5 nitrogen and oxygen atoms in total. The molecule has 1 heterocycles. The Labute approximate surface area is 175 Å². The lowest BCUT2D eigenvalue weighted by molar-refractivity contribution is -0.115. The Kier molecular flexibility index (Phi) is 7.16. The van der Waals surface area contributed by atoms with Gasteiger partial charge in [0.15, 0.2) is 0 Å². The minimum atomic E-state index is -0.225. The number of anilines is 1. The van der Waals surface area contributed by atoms with Crippen LogP contribution in [0.2, 0.25) is 0 Å². The smallest absolute Gasteiger partial charge is 0.253 e. The number of rotatable bonds is 8. The van der Waals surface area contributed by atoms with Crippen molar-refractivity contribution in [3.05, 3.63) is 88.1 Å². The number of carbonyl (C=O) groups excluding carboxylic acids is 2. The molecule has 1 aromatic heterocycles. The van der Waals surface area contributed by atoms with E-state index in [9.17, 15) is 9.59 Å². The van der Waals surface area contributed by atoms with Gasteiger partial charge in [0.25, 0.3) is 5.91 Å². The van der Waals surface area contributed by atoms with E-state index in [-0.39, 0.29) is 30.4 Å². The first kappa shape index (κ1) is 20.8. The van der Waals surface area contributed by atoms with Gasteiger partial charge in [-0.1, -0.05) is 48.5 Å². The summed E-state index contributed by atoms with van der Waals surface area (Å²) in [6, 6.07) is 20.8. The van der Waals surface area contributed by atoms with Gasteiger partial charge in [-0.3, -0.25) is 9.59 Å². The molecule has 2 atom stereocenters. The predicted octanol–water partition coefficient (Wildman–Crippen LogP) is 4.53. The SMILES string of the molecule is CC(NC(=O)c1ccccc1NC(=O)CNC(C)c1cccs1)c1ccccc1. The van der Waals surface area contributed by atoms with Crippen molar-refractivity contribution in [3.8, 4) is 0 Å². The van der Waals surface area contributed by atoms with Crippen molar-refractivity contribution >= 4 is 28.8 Å². The molecule has 0 aliphatic rings. The number of benzene rings is 2. The second kappa shape index (κ2) is 10.0. The Morgan fingerprint density at radius 2 is 1.62 bits per heavy atom. The fourth-order valence-electron chi connectivity index (χ4n) is 2.97. The summed E-state index contributed by atoms with van der Waals surface area (Å²) >= 11 is 1.65. The second-order valence-electron chi connectivity index (χ2n) is 6.82. The van der Waals surface area contributed by atoms with Crippen LogP contribution in [0, 0.1) is 0 Å². The third-order valence-corrected chi connectivity index (χ3v) is 5.69. The molecule has 3 rings (SSSR count). The van der Waals surface area contributed by atoms with E-state index in [0.717, 1.165) is 5.56 Å². The van der Waals surface area contributed by atoms with Gasteiger partial charge in [-0.15, -0.1) is 11.3 Å². The minimum Gasteiger partial charge on any atom is -0.345 e. The molecular weight excluding hydrogens is 382 g/mol. The molecule has 29 heavy (non-hydrogen) atoms. The van der Waals surface area contributed by atoms with E-state index < -0.39 is 0 Å². The van der Waals surface area contributed by atoms with Crippen molar-refractivity contribution in [2.45, 2.75) is 25.9 Å². The van der Waals surface area contributed by atoms with Crippen LogP contribution < -0.4 is 16.0 Å². The van der Waals surface area contributed by atoms with E-state index in [1.165, 1.54) is 4.88 Å². The number of thiophene rings is 1.